The third kappa shape index (κ3) is 2.38. The fraction of sp³-hybridized carbons (Fsp3) is 0.850. The van der Waals surface area contributed by atoms with Gasteiger partial charge < -0.3 is 10.2 Å². The number of aliphatic carboxylic acids is 1. The summed E-state index contributed by atoms with van der Waals surface area (Å²) in [6.07, 6.45) is 8.39. The number of carboxylic acid groups (broad SMARTS) is 1. The summed E-state index contributed by atoms with van der Waals surface area (Å²) in [5, 5.41) is 20.7. The van der Waals surface area contributed by atoms with Crippen molar-refractivity contribution in [1.82, 2.24) is 0 Å². The van der Waals surface area contributed by atoms with Gasteiger partial charge in [-0.3, -0.25) is 4.79 Å². The monoisotopic (exact) mass is 320 g/mol. The van der Waals surface area contributed by atoms with E-state index in [0.29, 0.717) is 18.3 Å². The minimum Gasteiger partial charge on any atom is -0.481 e. The van der Waals surface area contributed by atoms with E-state index < -0.39 is 11.4 Å². The fourth-order valence-corrected chi connectivity index (χ4v) is 6.45. The van der Waals surface area contributed by atoms with Gasteiger partial charge in [-0.1, -0.05) is 26.3 Å². The van der Waals surface area contributed by atoms with Crippen molar-refractivity contribution in [2.24, 2.45) is 34.0 Å². The van der Waals surface area contributed by atoms with E-state index in [9.17, 15) is 15.0 Å². The topological polar surface area (TPSA) is 57.5 Å². The van der Waals surface area contributed by atoms with Gasteiger partial charge in [-0.25, -0.2) is 0 Å². The van der Waals surface area contributed by atoms with Crippen molar-refractivity contribution in [2.45, 2.75) is 71.8 Å². The molecule has 0 aliphatic heterocycles. The van der Waals surface area contributed by atoms with Gasteiger partial charge in [-0.05, 0) is 74.0 Å². The molecule has 3 aliphatic rings. The molecule has 0 heterocycles. The average Bonchev–Trinajstić information content (AvgIpc) is 2.50. The van der Waals surface area contributed by atoms with Crippen LogP contribution in [0.4, 0.5) is 0 Å². The number of hydrogen-bond acceptors (Lipinski definition) is 2. The average molecular weight is 320 g/mol. The molecule has 0 aromatic heterocycles. The van der Waals surface area contributed by atoms with Crippen LogP contribution in [-0.2, 0) is 4.79 Å². The van der Waals surface area contributed by atoms with Crippen LogP contribution in [0.2, 0.25) is 0 Å². The second-order valence-corrected chi connectivity index (χ2v) is 9.31. The van der Waals surface area contributed by atoms with Crippen molar-refractivity contribution in [3.05, 3.63) is 12.7 Å². The third-order valence-corrected chi connectivity index (χ3v) is 8.02. The molecule has 0 saturated heterocycles. The molecule has 23 heavy (non-hydrogen) atoms. The van der Waals surface area contributed by atoms with Crippen molar-refractivity contribution >= 4 is 5.97 Å². The molecule has 3 rings (SSSR count). The number of fused-ring (bicyclic) bond motifs is 3. The van der Waals surface area contributed by atoms with Crippen molar-refractivity contribution in [3.63, 3.8) is 0 Å². The predicted octanol–water partition coefficient (Wildman–Crippen LogP) is 4.26. The van der Waals surface area contributed by atoms with Crippen LogP contribution < -0.4 is 0 Å². The molecule has 3 nitrogen and oxygen atoms in total. The molecule has 7 atom stereocenters. The zero-order valence-corrected chi connectivity index (χ0v) is 14.8. The lowest BCUT2D eigenvalue weighted by molar-refractivity contribution is -0.188. The number of carboxylic acids is 1. The standard InChI is InChI=1S/C20H32O3/c1-5-18(2)10-7-14-13(12-18)15(21)11-16-19(14,3)8-6-9-20(16,4)17(22)23/h5,13-16,21H,1,6-12H2,2-4H3,(H,22,23)/t13?,14-,15+,16+,18+,19+,20-/m1/s1. The van der Waals surface area contributed by atoms with Gasteiger partial charge in [-0.15, -0.1) is 6.58 Å². The Hall–Kier alpha value is -0.830. The molecular formula is C20H32O3. The highest BCUT2D eigenvalue weighted by Gasteiger charge is 2.61. The Bertz CT molecular complexity index is 515. The van der Waals surface area contributed by atoms with Crippen LogP contribution in [0.3, 0.4) is 0 Å². The summed E-state index contributed by atoms with van der Waals surface area (Å²) in [5.41, 5.74) is -0.508. The lowest BCUT2D eigenvalue weighted by atomic mass is 9.42. The molecule has 0 aromatic carbocycles. The van der Waals surface area contributed by atoms with Crippen molar-refractivity contribution < 1.29 is 15.0 Å². The summed E-state index contributed by atoms with van der Waals surface area (Å²) < 4.78 is 0. The van der Waals surface area contributed by atoms with E-state index in [1.165, 1.54) is 0 Å². The molecule has 1 unspecified atom stereocenters. The predicted molar refractivity (Wildman–Crippen MR) is 90.9 cm³/mol. The zero-order valence-electron chi connectivity index (χ0n) is 14.8. The van der Waals surface area contributed by atoms with Crippen LogP contribution in [0.25, 0.3) is 0 Å². The van der Waals surface area contributed by atoms with E-state index in [-0.39, 0.29) is 22.9 Å². The van der Waals surface area contributed by atoms with Gasteiger partial charge in [0, 0.05) is 0 Å². The second kappa shape index (κ2) is 5.34. The van der Waals surface area contributed by atoms with Gasteiger partial charge in [0.1, 0.15) is 0 Å². The highest BCUT2D eigenvalue weighted by Crippen LogP contribution is 2.65. The highest BCUT2D eigenvalue weighted by atomic mass is 16.4. The maximum absolute atomic E-state index is 12.0. The fourth-order valence-electron chi connectivity index (χ4n) is 6.45. The van der Waals surface area contributed by atoms with Crippen LogP contribution in [0.15, 0.2) is 12.7 Å². The molecule has 130 valence electrons. The quantitative estimate of drug-likeness (QED) is 0.748. The summed E-state index contributed by atoms with van der Waals surface area (Å²) >= 11 is 0. The Morgan fingerprint density at radius 3 is 2.52 bits per heavy atom. The first-order chi connectivity index (χ1) is 10.7. The van der Waals surface area contributed by atoms with Gasteiger partial charge in [0.25, 0.3) is 0 Å². The van der Waals surface area contributed by atoms with Crippen molar-refractivity contribution in [3.8, 4) is 0 Å². The number of carbonyl (C=O) groups is 1. The smallest absolute Gasteiger partial charge is 0.309 e. The SMILES string of the molecule is C=C[C@@]1(C)CC[C@@H]2C(C1)[C@@H](O)C[C@H]1[C@@]2(C)CCC[C@@]1(C)C(=O)O. The lowest BCUT2D eigenvalue weighted by Gasteiger charge is -2.62. The van der Waals surface area contributed by atoms with E-state index in [1.807, 2.05) is 6.92 Å². The van der Waals surface area contributed by atoms with Crippen LogP contribution >= 0.6 is 0 Å². The number of rotatable bonds is 2. The first-order valence-electron chi connectivity index (χ1n) is 9.21. The normalized spacial score (nSPS) is 53.0. The van der Waals surface area contributed by atoms with Crippen LogP contribution in [0, 0.1) is 34.0 Å². The maximum Gasteiger partial charge on any atom is 0.309 e. The Labute approximate surface area is 140 Å². The first kappa shape index (κ1) is 17.0. The Kier molecular flexibility index (Phi) is 3.95. The van der Waals surface area contributed by atoms with Crippen molar-refractivity contribution in [1.29, 1.82) is 0 Å². The highest BCUT2D eigenvalue weighted by molar-refractivity contribution is 5.75. The van der Waals surface area contributed by atoms with Gasteiger partial charge >= 0.3 is 5.97 Å². The van der Waals surface area contributed by atoms with E-state index in [1.54, 1.807) is 0 Å². The Morgan fingerprint density at radius 2 is 1.91 bits per heavy atom. The zero-order chi connectivity index (χ0) is 17.0. The van der Waals surface area contributed by atoms with Gasteiger partial charge in [-0.2, -0.15) is 0 Å². The minimum atomic E-state index is -0.682. The van der Waals surface area contributed by atoms with Gasteiger partial charge in [0.15, 0.2) is 0 Å². The molecule has 0 bridgehead atoms. The van der Waals surface area contributed by atoms with Crippen molar-refractivity contribution in [2.75, 3.05) is 0 Å². The molecule has 3 fully saturated rings. The summed E-state index contributed by atoms with van der Waals surface area (Å²) in [4.78, 5) is 12.0. The summed E-state index contributed by atoms with van der Waals surface area (Å²) in [7, 11) is 0. The van der Waals surface area contributed by atoms with Crippen LogP contribution in [0.1, 0.15) is 65.7 Å². The molecule has 0 amide bonds. The molecule has 2 N–H and O–H groups in total. The van der Waals surface area contributed by atoms with E-state index in [4.69, 9.17) is 0 Å². The molecule has 3 aliphatic carbocycles. The Balaban J connectivity index is 1.96. The van der Waals surface area contributed by atoms with Crippen LogP contribution in [-0.4, -0.2) is 22.3 Å². The molecule has 0 spiro atoms. The molecular weight excluding hydrogens is 288 g/mol. The first-order valence-corrected chi connectivity index (χ1v) is 9.21. The molecule has 3 saturated carbocycles. The maximum atomic E-state index is 12.0. The molecule has 0 aromatic rings. The van der Waals surface area contributed by atoms with Crippen LogP contribution in [0.5, 0.6) is 0 Å². The minimum absolute atomic E-state index is 0.0534. The largest absolute Gasteiger partial charge is 0.481 e. The number of allylic oxidation sites excluding steroid dienone is 1. The van der Waals surface area contributed by atoms with E-state index in [0.717, 1.165) is 38.5 Å². The summed E-state index contributed by atoms with van der Waals surface area (Å²) in [6, 6.07) is 0. The Morgan fingerprint density at radius 1 is 1.22 bits per heavy atom. The second-order valence-electron chi connectivity index (χ2n) is 9.31. The van der Waals surface area contributed by atoms with E-state index in [2.05, 4.69) is 26.5 Å². The molecule has 0 radical (unpaired) electrons. The lowest BCUT2D eigenvalue weighted by Crippen LogP contribution is -2.60. The number of aliphatic hydroxyl groups is 1. The molecule has 3 heteroatoms. The number of hydrogen-bond donors (Lipinski definition) is 2. The summed E-state index contributed by atoms with van der Waals surface area (Å²) in [5.74, 6) is 0.156. The van der Waals surface area contributed by atoms with Gasteiger partial charge in [0.05, 0.1) is 11.5 Å². The van der Waals surface area contributed by atoms with Gasteiger partial charge in [0.2, 0.25) is 0 Å². The van der Waals surface area contributed by atoms with E-state index >= 15 is 0 Å². The summed E-state index contributed by atoms with van der Waals surface area (Å²) in [6.45, 7) is 10.5. The third-order valence-electron chi connectivity index (χ3n) is 8.02. The number of aliphatic hydroxyl groups excluding tert-OH is 1.